The van der Waals surface area contributed by atoms with Crippen molar-refractivity contribution in [2.24, 2.45) is 17.6 Å². The van der Waals surface area contributed by atoms with Crippen LogP contribution in [0.15, 0.2) is 6.07 Å². The minimum Gasteiger partial charge on any atom is -0.351 e. The number of carbonyl (C=O) groups is 1. The average Bonchev–Trinajstić information content (AvgIpc) is 2.93. The molecule has 1 aliphatic rings. The first-order valence-corrected chi connectivity index (χ1v) is 8.00. The van der Waals surface area contributed by atoms with Gasteiger partial charge in [-0.2, -0.15) is 0 Å². The van der Waals surface area contributed by atoms with Crippen LogP contribution in [0.4, 0.5) is 0 Å². The maximum absolute atomic E-state index is 12.1. The van der Waals surface area contributed by atoms with Gasteiger partial charge in [0, 0.05) is 16.3 Å². The first kappa shape index (κ1) is 14.5. The molecule has 2 rings (SSSR count). The van der Waals surface area contributed by atoms with Crippen molar-refractivity contribution < 1.29 is 4.79 Å². The van der Waals surface area contributed by atoms with Gasteiger partial charge >= 0.3 is 0 Å². The van der Waals surface area contributed by atoms with Crippen LogP contribution in [0.1, 0.15) is 42.0 Å². The van der Waals surface area contributed by atoms with Crippen molar-refractivity contribution in [2.75, 3.05) is 6.54 Å². The molecule has 0 fully saturated rings. The number of thiophene rings is 1. The Bertz CT molecular complexity index is 418. The molecule has 4 heteroatoms. The second-order valence-electron chi connectivity index (χ2n) is 5.79. The summed E-state index contributed by atoms with van der Waals surface area (Å²) in [5, 5.41) is 3.04. The average molecular weight is 280 g/mol. The summed E-state index contributed by atoms with van der Waals surface area (Å²) in [7, 11) is 0. The molecule has 0 saturated heterocycles. The van der Waals surface area contributed by atoms with Gasteiger partial charge in [-0.15, -0.1) is 11.3 Å². The van der Waals surface area contributed by atoms with E-state index < -0.39 is 0 Å². The number of carbonyl (C=O) groups excluding carboxylic acids is 1. The SMILES string of the molecule is CC(C)CC(CN)C(=O)NCc1cc2c(s1)CCC2. The molecule has 0 spiro atoms. The molecule has 3 N–H and O–H groups in total. The molecule has 0 bridgehead atoms. The number of nitrogens with one attached hydrogen (secondary N) is 1. The normalized spacial score (nSPS) is 15.6. The summed E-state index contributed by atoms with van der Waals surface area (Å²) in [4.78, 5) is 14.9. The predicted molar refractivity (Wildman–Crippen MR) is 80.2 cm³/mol. The lowest BCUT2D eigenvalue weighted by Gasteiger charge is -2.16. The summed E-state index contributed by atoms with van der Waals surface area (Å²) in [5.74, 6) is 0.557. The zero-order valence-electron chi connectivity index (χ0n) is 11.9. The lowest BCUT2D eigenvalue weighted by Crippen LogP contribution is -2.35. The number of fused-ring (bicyclic) bond motifs is 1. The first-order chi connectivity index (χ1) is 9.10. The molecule has 0 aromatic carbocycles. The highest BCUT2D eigenvalue weighted by molar-refractivity contribution is 7.12. The van der Waals surface area contributed by atoms with E-state index in [1.165, 1.54) is 34.6 Å². The van der Waals surface area contributed by atoms with E-state index in [1.807, 2.05) is 11.3 Å². The Morgan fingerprint density at radius 1 is 1.47 bits per heavy atom. The Morgan fingerprint density at radius 2 is 2.26 bits per heavy atom. The van der Waals surface area contributed by atoms with Gasteiger partial charge in [0.15, 0.2) is 0 Å². The number of nitrogens with two attached hydrogens (primary N) is 1. The topological polar surface area (TPSA) is 55.1 Å². The van der Waals surface area contributed by atoms with E-state index >= 15 is 0 Å². The number of hydrogen-bond donors (Lipinski definition) is 2. The minimum atomic E-state index is -0.0493. The lowest BCUT2D eigenvalue weighted by atomic mass is 9.96. The quantitative estimate of drug-likeness (QED) is 0.841. The van der Waals surface area contributed by atoms with Gasteiger partial charge in [0.1, 0.15) is 0 Å². The van der Waals surface area contributed by atoms with Gasteiger partial charge in [0.25, 0.3) is 0 Å². The summed E-state index contributed by atoms with van der Waals surface area (Å²) in [5.41, 5.74) is 7.18. The zero-order valence-corrected chi connectivity index (χ0v) is 12.7. The molecule has 106 valence electrons. The standard InChI is InChI=1S/C15H24N2OS/c1-10(2)6-12(8-16)15(18)17-9-13-7-11-4-3-5-14(11)19-13/h7,10,12H,3-6,8-9,16H2,1-2H3,(H,17,18). The highest BCUT2D eigenvalue weighted by Gasteiger charge is 2.19. The molecular formula is C15H24N2OS. The fraction of sp³-hybridized carbons (Fsp3) is 0.667. The summed E-state index contributed by atoms with van der Waals surface area (Å²) in [6, 6.07) is 2.26. The molecule has 1 heterocycles. The van der Waals surface area contributed by atoms with Crippen LogP contribution in [-0.2, 0) is 24.2 Å². The van der Waals surface area contributed by atoms with Gasteiger partial charge in [0.2, 0.25) is 5.91 Å². The number of aryl methyl sites for hydroxylation is 2. The minimum absolute atomic E-state index is 0.0493. The van der Waals surface area contributed by atoms with Crippen LogP contribution in [0.5, 0.6) is 0 Å². The second kappa shape index (κ2) is 6.53. The molecule has 0 saturated carbocycles. The van der Waals surface area contributed by atoms with Crippen molar-refractivity contribution in [3.63, 3.8) is 0 Å². The second-order valence-corrected chi connectivity index (χ2v) is 7.02. The third kappa shape index (κ3) is 3.80. The molecule has 19 heavy (non-hydrogen) atoms. The van der Waals surface area contributed by atoms with E-state index in [0.29, 0.717) is 19.0 Å². The van der Waals surface area contributed by atoms with Crippen LogP contribution in [0.3, 0.4) is 0 Å². The molecule has 1 aromatic heterocycles. The summed E-state index contributed by atoms with van der Waals surface area (Å²) >= 11 is 1.85. The Hall–Kier alpha value is -0.870. The van der Waals surface area contributed by atoms with E-state index in [4.69, 9.17) is 5.73 Å². The molecule has 0 aliphatic heterocycles. The van der Waals surface area contributed by atoms with Crippen molar-refractivity contribution in [3.05, 3.63) is 21.4 Å². The fourth-order valence-corrected chi connectivity index (χ4v) is 3.88. The summed E-state index contributed by atoms with van der Waals surface area (Å²) in [6.45, 7) is 5.34. The number of amides is 1. The summed E-state index contributed by atoms with van der Waals surface area (Å²) < 4.78 is 0. The van der Waals surface area contributed by atoms with Crippen molar-refractivity contribution in [3.8, 4) is 0 Å². The van der Waals surface area contributed by atoms with Crippen LogP contribution in [0, 0.1) is 11.8 Å². The van der Waals surface area contributed by atoms with Gasteiger partial charge < -0.3 is 11.1 Å². The van der Waals surface area contributed by atoms with Crippen molar-refractivity contribution in [1.29, 1.82) is 0 Å². The molecule has 1 unspecified atom stereocenters. The van der Waals surface area contributed by atoms with Crippen LogP contribution in [-0.4, -0.2) is 12.5 Å². The largest absolute Gasteiger partial charge is 0.351 e. The highest BCUT2D eigenvalue weighted by atomic mass is 32.1. The van der Waals surface area contributed by atoms with Crippen molar-refractivity contribution >= 4 is 17.2 Å². The first-order valence-electron chi connectivity index (χ1n) is 7.18. The third-order valence-electron chi connectivity index (χ3n) is 3.65. The lowest BCUT2D eigenvalue weighted by molar-refractivity contribution is -0.125. The molecule has 0 radical (unpaired) electrons. The van der Waals surface area contributed by atoms with Gasteiger partial charge in [-0.05, 0) is 43.2 Å². The Kier molecular flexibility index (Phi) is 4.99. The monoisotopic (exact) mass is 280 g/mol. The molecule has 3 nitrogen and oxygen atoms in total. The zero-order chi connectivity index (χ0) is 13.8. The Morgan fingerprint density at radius 3 is 2.89 bits per heavy atom. The van der Waals surface area contributed by atoms with E-state index in [-0.39, 0.29) is 11.8 Å². The van der Waals surface area contributed by atoms with Crippen LogP contribution >= 0.6 is 11.3 Å². The molecule has 1 atom stereocenters. The predicted octanol–water partition coefficient (Wildman–Crippen LogP) is 2.47. The van der Waals surface area contributed by atoms with E-state index in [1.54, 1.807) is 0 Å². The van der Waals surface area contributed by atoms with E-state index in [2.05, 4.69) is 25.2 Å². The summed E-state index contributed by atoms with van der Waals surface area (Å²) in [6.07, 6.45) is 4.58. The highest BCUT2D eigenvalue weighted by Crippen LogP contribution is 2.30. The smallest absolute Gasteiger partial charge is 0.224 e. The van der Waals surface area contributed by atoms with Gasteiger partial charge in [0.05, 0.1) is 12.5 Å². The number of rotatable bonds is 6. The van der Waals surface area contributed by atoms with Gasteiger partial charge in [-0.25, -0.2) is 0 Å². The van der Waals surface area contributed by atoms with Crippen LogP contribution < -0.4 is 11.1 Å². The molecule has 1 aliphatic carbocycles. The Labute approximate surface area is 119 Å². The molecular weight excluding hydrogens is 256 g/mol. The van der Waals surface area contributed by atoms with Gasteiger partial charge in [-0.1, -0.05) is 13.8 Å². The maximum atomic E-state index is 12.1. The van der Waals surface area contributed by atoms with E-state index in [9.17, 15) is 4.79 Å². The van der Waals surface area contributed by atoms with Crippen LogP contribution in [0.2, 0.25) is 0 Å². The fourth-order valence-electron chi connectivity index (χ4n) is 2.68. The van der Waals surface area contributed by atoms with Gasteiger partial charge in [-0.3, -0.25) is 4.79 Å². The Balaban J connectivity index is 1.85. The van der Waals surface area contributed by atoms with E-state index in [0.717, 1.165) is 6.42 Å². The molecule has 1 aromatic rings. The maximum Gasteiger partial charge on any atom is 0.224 e. The van der Waals surface area contributed by atoms with Crippen LogP contribution in [0.25, 0.3) is 0 Å². The molecule has 1 amide bonds. The number of hydrogen-bond acceptors (Lipinski definition) is 3. The third-order valence-corrected chi connectivity index (χ3v) is 4.88. The van der Waals surface area contributed by atoms with Crippen molar-refractivity contribution in [1.82, 2.24) is 5.32 Å². The van der Waals surface area contributed by atoms with Crippen molar-refractivity contribution in [2.45, 2.75) is 46.1 Å².